The third kappa shape index (κ3) is 7.14. The fourth-order valence-corrected chi connectivity index (χ4v) is 4.85. The minimum absolute atomic E-state index is 0. The molecule has 10 heteroatoms. The molecule has 4 rings (SSSR count). The van der Waals surface area contributed by atoms with Crippen LogP contribution in [0.5, 0.6) is 0 Å². The van der Waals surface area contributed by atoms with Gasteiger partial charge >= 0.3 is 51.8 Å². The van der Waals surface area contributed by atoms with Gasteiger partial charge in [-0.25, -0.2) is 18.3 Å². The quantitative estimate of drug-likeness (QED) is 0.257. The van der Waals surface area contributed by atoms with Gasteiger partial charge in [0.2, 0.25) is 0 Å². The second-order valence-electron chi connectivity index (χ2n) is 8.12. The van der Waals surface area contributed by atoms with E-state index in [1.807, 2.05) is 42.0 Å². The molecule has 1 amide bonds. The third-order valence-electron chi connectivity index (χ3n) is 5.58. The molecule has 0 bridgehead atoms. The predicted molar refractivity (Wildman–Crippen MR) is 140 cm³/mol. The SMILES string of the molecule is CCc1cn(S(=O)(=O)NC(=O)OCc2ccccc2)c(C(=O)OCc2ccccc2)c1-c1ccccc1.[H-].[Na+]. The van der Waals surface area contributed by atoms with Gasteiger partial charge in [0.15, 0.2) is 5.69 Å². The summed E-state index contributed by atoms with van der Waals surface area (Å²) < 4.78 is 39.9. The number of nitrogens with one attached hydrogen (secondary N) is 1. The van der Waals surface area contributed by atoms with Crippen LogP contribution in [0.2, 0.25) is 0 Å². The van der Waals surface area contributed by atoms with Crippen LogP contribution < -0.4 is 34.3 Å². The molecule has 1 heterocycles. The van der Waals surface area contributed by atoms with E-state index in [1.165, 1.54) is 6.20 Å². The molecule has 0 aliphatic heterocycles. The Morgan fingerprint density at radius 3 is 1.84 bits per heavy atom. The molecule has 0 aliphatic carbocycles. The smallest absolute Gasteiger partial charge is 1.00 e. The number of nitrogens with zero attached hydrogens (tertiary/aromatic N) is 1. The molecule has 38 heavy (non-hydrogen) atoms. The zero-order valence-corrected chi connectivity index (χ0v) is 24.0. The Morgan fingerprint density at radius 2 is 1.32 bits per heavy atom. The van der Waals surface area contributed by atoms with Gasteiger partial charge in [-0.3, -0.25) is 0 Å². The first-order valence-corrected chi connectivity index (χ1v) is 13.1. The van der Waals surface area contributed by atoms with Gasteiger partial charge in [0.25, 0.3) is 0 Å². The van der Waals surface area contributed by atoms with Gasteiger partial charge in [0, 0.05) is 11.8 Å². The molecule has 0 fully saturated rings. The fraction of sp³-hybridized carbons (Fsp3) is 0.143. The van der Waals surface area contributed by atoms with E-state index in [0.717, 1.165) is 9.54 Å². The number of aromatic nitrogens is 1. The van der Waals surface area contributed by atoms with Gasteiger partial charge in [-0.15, -0.1) is 0 Å². The molecule has 0 aliphatic rings. The van der Waals surface area contributed by atoms with E-state index in [2.05, 4.69) is 0 Å². The first-order valence-electron chi connectivity index (χ1n) is 11.6. The average molecular weight is 543 g/mol. The van der Waals surface area contributed by atoms with Crippen molar-refractivity contribution < 1.29 is 58.5 Å². The molecule has 0 saturated carbocycles. The number of esters is 1. The number of hydrogen-bond acceptors (Lipinski definition) is 6. The Bertz CT molecular complexity index is 1480. The van der Waals surface area contributed by atoms with Crippen LogP contribution in [0.4, 0.5) is 4.79 Å². The molecule has 0 spiro atoms. The molecular weight excluding hydrogens is 515 g/mol. The second-order valence-corrected chi connectivity index (χ2v) is 9.67. The number of ether oxygens (including phenoxy) is 2. The van der Waals surface area contributed by atoms with Crippen molar-refractivity contribution in [2.45, 2.75) is 26.6 Å². The Kier molecular flexibility index (Phi) is 10.3. The van der Waals surface area contributed by atoms with Crippen molar-refractivity contribution in [3.05, 3.63) is 120 Å². The van der Waals surface area contributed by atoms with Gasteiger partial charge in [0.1, 0.15) is 13.2 Å². The molecule has 8 nitrogen and oxygen atoms in total. The maximum Gasteiger partial charge on any atom is 1.00 e. The summed E-state index contributed by atoms with van der Waals surface area (Å²) in [4.78, 5) is 25.7. The molecule has 0 radical (unpaired) electrons. The topological polar surface area (TPSA) is 104 Å². The van der Waals surface area contributed by atoms with E-state index < -0.39 is 22.3 Å². The number of carbonyl (C=O) groups excluding carboxylic acids is 2. The van der Waals surface area contributed by atoms with E-state index in [1.54, 1.807) is 60.7 Å². The van der Waals surface area contributed by atoms with E-state index in [-0.39, 0.29) is 49.9 Å². The summed E-state index contributed by atoms with van der Waals surface area (Å²) in [6.07, 6.45) is 0.596. The fourth-order valence-electron chi connectivity index (χ4n) is 3.81. The van der Waals surface area contributed by atoms with Crippen LogP contribution in [-0.2, 0) is 39.3 Å². The number of benzene rings is 3. The number of carbonyl (C=O) groups is 2. The molecule has 0 unspecified atom stereocenters. The van der Waals surface area contributed by atoms with Crippen molar-refractivity contribution in [2.24, 2.45) is 0 Å². The van der Waals surface area contributed by atoms with Gasteiger partial charge in [0.05, 0.1) is 0 Å². The Hall–Kier alpha value is -3.37. The normalized spacial score (nSPS) is 10.8. The van der Waals surface area contributed by atoms with Crippen molar-refractivity contribution in [3.8, 4) is 11.1 Å². The Morgan fingerprint density at radius 1 is 0.816 bits per heavy atom. The maximum atomic E-state index is 13.4. The number of rotatable bonds is 9. The van der Waals surface area contributed by atoms with Crippen molar-refractivity contribution in [1.82, 2.24) is 8.69 Å². The van der Waals surface area contributed by atoms with Crippen molar-refractivity contribution in [1.29, 1.82) is 0 Å². The van der Waals surface area contributed by atoms with Crippen molar-refractivity contribution >= 4 is 22.3 Å². The molecule has 1 N–H and O–H groups in total. The van der Waals surface area contributed by atoms with Crippen LogP contribution in [0.3, 0.4) is 0 Å². The van der Waals surface area contributed by atoms with Crippen LogP contribution in [-0.4, -0.2) is 24.5 Å². The van der Waals surface area contributed by atoms with Crippen molar-refractivity contribution in [3.63, 3.8) is 0 Å². The van der Waals surface area contributed by atoms with E-state index >= 15 is 0 Å². The molecule has 4 aromatic rings. The maximum absolute atomic E-state index is 13.4. The average Bonchev–Trinajstić information content (AvgIpc) is 3.33. The Labute approximate surface area is 245 Å². The molecule has 0 saturated heterocycles. The van der Waals surface area contributed by atoms with Gasteiger partial charge in [-0.2, -0.15) is 8.42 Å². The van der Waals surface area contributed by atoms with Crippen LogP contribution in [0.1, 0.15) is 35.5 Å². The van der Waals surface area contributed by atoms with Gasteiger partial charge < -0.3 is 10.9 Å². The minimum atomic E-state index is -4.55. The summed E-state index contributed by atoms with van der Waals surface area (Å²) in [5, 5.41) is 0. The van der Waals surface area contributed by atoms with E-state index in [0.29, 0.717) is 28.7 Å². The van der Waals surface area contributed by atoms with Gasteiger partial charge in [-0.1, -0.05) is 97.9 Å². The van der Waals surface area contributed by atoms with Crippen LogP contribution in [0.15, 0.2) is 97.2 Å². The number of hydrogen-bond donors (Lipinski definition) is 1. The summed E-state index contributed by atoms with van der Waals surface area (Å²) in [6.45, 7) is 1.68. The second kappa shape index (κ2) is 13.4. The van der Waals surface area contributed by atoms with Crippen LogP contribution >= 0.6 is 0 Å². The molecule has 3 aromatic carbocycles. The number of amides is 1. The van der Waals surface area contributed by atoms with Crippen LogP contribution in [0, 0.1) is 0 Å². The van der Waals surface area contributed by atoms with Gasteiger partial charge in [-0.05, 0) is 28.7 Å². The van der Waals surface area contributed by atoms with E-state index in [9.17, 15) is 18.0 Å². The summed E-state index contributed by atoms with van der Waals surface area (Å²) >= 11 is 0. The zero-order valence-electron chi connectivity index (χ0n) is 22.2. The molecular formula is C28H27N2NaO6S. The standard InChI is InChI=1S/C28H26N2O6S.Na.H/c1-2-23-18-30(37(33,34)29-28(32)36-20-22-14-8-4-9-15-22)26(25(23)24-16-10-5-11-17-24)27(31)35-19-21-12-6-3-7-13-21;;/h3-18H,2,19-20H2,1H3,(H,29,32);;/q;+1;-1. The third-order valence-corrected chi connectivity index (χ3v) is 6.82. The number of aryl methyl sites for hydroxylation is 1. The monoisotopic (exact) mass is 542 g/mol. The van der Waals surface area contributed by atoms with E-state index in [4.69, 9.17) is 9.47 Å². The summed E-state index contributed by atoms with van der Waals surface area (Å²) in [7, 11) is -4.55. The minimum Gasteiger partial charge on any atom is -1.00 e. The summed E-state index contributed by atoms with van der Waals surface area (Å²) in [5.74, 6) is -0.842. The summed E-state index contributed by atoms with van der Waals surface area (Å²) in [5.41, 5.74) is 2.90. The first kappa shape index (κ1) is 29.2. The largest absolute Gasteiger partial charge is 1.00 e. The summed E-state index contributed by atoms with van der Waals surface area (Å²) in [6, 6.07) is 26.9. The first-order chi connectivity index (χ1) is 17.9. The Balaban J connectivity index is 0.00000267. The molecule has 1 aromatic heterocycles. The zero-order chi connectivity index (χ0) is 26.3. The predicted octanol–water partition coefficient (Wildman–Crippen LogP) is 2.21. The molecule has 0 atom stereocenters. The molecule has 192 valence electrons. The van der Waals surface area contributed by atoms with Crippen LogP contribution in [0.25, 0.3) is 11.1 Å². The van der Waals surface area contributed by atoms with Crippen molar-refractivity contribution in [2.75, 3.05) is 0 Å².